The predicted octanol–water partition coefficient (Wildman–Crippen LogP) is 4.65. The number of hydrogen-bond donors (Lipinski definition) is 3. The molecule has 0 radical (unpaired) electrons. The van der Waals surface area contributed by atoms with E-state index in [1.54, 1.807) is 13.2 Å². The molecule has 1 aromatic carbocycles. The second kappa shape index (κ2) is 22.1. The van der Waals surface area contributed by atoms with Crippen molar-refractivity contribution in [3.05, 3.63) is 41.7 Å². The van der Waals surface area contributed by atoms with Crippen molar-refractivity contribution in [1.82, 2.24) is 45.3 Å². The van der Waals surface area contributed by atoms with Crippen molar-refractivity contribution in [3.8, 4) is 11.3 Å². The predicted molar refractivity (Wildman–Crippen MR) is 297 cm³/mol. The van der Waals surface area contributed by atoms with Crippen LogP contribution in [0.4, 0.5) is 24.5 Å². The van der Waals surface area contributed by atoms with Gasteiger partial charge >= 0.3 is 12.1 Å². The highest BCUT2D eigenvalue weighted by Crippen LogP contribution is 2.45. The van der Waals surface area contributed by atoms with Crippen molar-refractivity contribution in [2.24, 2.45) is 17.3 Å². The van der Waals surface area contributed by atoms with Crippen LogP contribution in [-0.2, 0) is 51.1 Å². The first kappa shape index (κ1) is 56.4. The number of ether oxygens (including phenoxy) is 4. The second-order valence-electron chi connectivity index (χ2n) is 25.9. The third-order valence-corrected chi connectivity index (χ3v) is 18.6. The van der Waals surface area contributed by atoms with Crippen LogP contribution in [0.3, 0.4) is 0 Å². The number of piperazine rings is 1. The number of halogens is 3. The number of cyclic esters (lactones) is 1. The Morgan fingerprint density at radius 3 is 2.42 bits per heavy atom. The zero-order valence-electron chi connectivity index (χ0n) is 47.9. The number of rotatable bonds is 12. The molecule has 1 spiro atoms. The molecule has 19 nitrogen and oxygen atoms in total. The number of nitrogens with zero attached hydrogens (tertiary/aromatic N) is 8. The first-order valence-electron chi connectivity index (χ1n) is 29.8. The summed E-state index contributed by atoms with van der Waals surface area (Å²) in [5.41, 5.74) is 5.91. The monoisotopic (exact) mass is 1130 g/mol. The van der Waals surface area contributed by atoms with Crippen LogP contribution in [0.15, 0.2) is 30.5 Å². The van der Waals surface area contributed by atoms with E-state index in [4.69, 9.17) is 23.9 Å². The third kappa shape index (κ3) is 11.9. The van der Waals surface area contributed by atoms with Gasteiger partial charge in [0.15, 0.2) is 0 Å². The molecule has 7 aliphatic heterocycles. The lowest BCUT2D eigenvalue weighted by atomic mass is 9.84. The summed E-state index contributed by atoms with van der Waals surface area (Å²) in [4.78, 5) is 73.5. The first-order chi connectivity index (χ1) is 38.7. The van der Waals surface area contributed by atoms with E-state index >= 15 is 13.2 Å². The van der Waals surface area contributed by atoms with Crippen molar-refractivity contribution in [2.45, 2.75) is 153 Å². The fourth-order valence-electron chi connectivity index (χ4n) is 14.0. The molecular formula is C59H82F3N11O8. The van der Waals surface area contributed by atoms with E-state index in [2.05, 4.69) is 35.7 Å². The van der Waals surface area contributed by atoms with E-state index < -0.39 is 65.9 Å². The lowest BCUT2D eigenvalue weighted by molar-refractivity contribution is -0.197. The molecule has 12 rings (SSSR count). The maximum absolute atomic E-state index is 15.2. The molecule has 7 atom stereocenters. The molecule has 442 valence electrons. The van der Waals surface area contributed by atoms with Gasteiger partial charge in [-0.1, -0.05) is 27.7 Å². The van der Waals surface area contributed by atoms with E-state index in [0.29, 0.717) is 117 Å². The van der Waals surface area contributed by atoms with Gasteiger partial charge in [-0.2, -0.15) is 13.2 Å². The number of anilines is 2. The summed E-state index contributed by atoms with van der Waals surface area (Å²) in [6, 6.07) is 5.81. The van der Waals surface area contributed by atoms with Crippen LogP contribution < -0.4 is 25.9 Å². The molecule has 3 N–H and O–H groups in total. The molecule has 3 aromatic rings. The maximum atomic E-state index is 15.2. The Morgan fingerprint density at radius 1 is 0.926 bits per heavy atom. The SMILES string of the molecule is CO[C@@H](C)c1ncc(N2CCN(C3CC3)CC2)cc1-c1c2c3cc(ccc3n1CC(F)(F)F)N1CCO[C@@H](C[C@H](NC(=O)C(C(C)C)N3CCOC4(CN(C(=O)[C@@H]5NC5C5CC5)C4)C3)C(=O)N3CCC[C@H](N3)C(=O)OCC(C)(C)C2)C1. The Balaban J connectivity index is 0.866. The molecule has 6 bridgehead atoms. The average Bonchev–Trinajstić information content (AvgIpc) is 3.28. The van der Waals surface area contributed by atoms with E-state index in [0.717, 1.165) is 37.6 Å². The van der Waals surface area contributed by atoms with Crippen molar-refractivity contribution in [1.29, 1.82) is 0 Å². The minimum absolute atomic E-state index is 0.0654. The average molecular weight is 1130 g/mol. The number of hydrogen-bond acceptors (Lipinski definition) is 15. The summed E-state index contributed by atoms with van der Waals surface area (Å²) in [6.45, 7) is 15.4. The van der Waals surface area contributed by atoms with Crippen LogP contribution in [0.25, 0.3) is 22.2 Å². The zero-order chi connectivity index (χ0) is 56.7. The second-order valence-corrected chi connectivity index (χ2v) is 25.9. The summed E-state index contributed by atoms with van der Waals surface area (Å²) in [5.74, 6) is -0.720. The van der Waals surface area contributed by atoms with Crippen LogP contribution in [0.1, 0.15) is 96.9 Å². The lowest BCUT2D eigenvalue weighted by Gasteiger charge is -2.55. The van der Waals surface area contributed by atoms with Gasteiger partial charge in [0.25, 0.3) is 5.91 Å². The van der Waals surface area contributed by atoms with Crippen LogP contribution in [0.5, 0.6) is 0 Å². The summed E-state index contributed by atoms with van der Waals surface area (Å²) in [6.07, 6.45) is 2.09. The van der Waals surface area contributed by atoms with Crippen LogP contribution in [0.2, 0.25) is 0 Å². The fraction of sp³-hybridized carbons (Fsp3) is 0.712. The number of hydrazine groups is 1. The molecule has 8 fully saturated rings. The lowest BCUT2D eigenvalue weighted by Crippen LogP contribution is -2.73. The number of benzene rings is 1. The summed E-state index contributed by atoms with van der Waals surface area (Å²) < 4.78 is 71.9. The highest BCUT2D eigenvalue weighted by atomic mass is 19.4. The summed E-state index contributed by atoms with van der Waals surface area (Å²) in [7, 11) is 1.57. The van der Waals surface area contributed by atoms with Crippen molar-refractivity contribution in [2.75, 3.05) is 109 Å². The van der Waals surface area contributed by atoms with Crippen molar-refractivity contribution < 1.29 is 51.3 Å². The first-order valence-corrected chi connectivity index (χ1v) is 29.8. The van der Waals surface area contributed by atoms with Crippen molar-refractivity contribution in [3.63, 3.8) is 0 Å². The number of likely N-dealkylation sites (tertiary alicyclic amines) is 1. The molecule has 22 heteroatoms. The standard InChI is InChI=1S/C59H82F3N11O8/c1-35(2)51(70-21-23-81-58(30-70)31-71(32-58)55(76)50-49(65-50)37-9-10-37)53(74)64-46-26-41-29-69(20-22-79-41)39-13-14-47-42(24-39)44(27-57(4,5)34-80-56(77)45-8-7-15-73(66-45)54(46)75)52(72(47)33-59(60,61)62)43-25-40(28-63-48(43)36(3)78-6)68-18-16-67(17-19-68)38-11-12-38/h13-14,24-25,28,35-38,41,45-46,49-51,65-66H,7-12,15-23,26-27,29-34H2,1-6H3,(H,64,74)/t36-,41-,45-,46-,49?,50+,51?/m0/s1. The molecule has 9 heterocycles. The maximum Gasteiger partial charge on any atom is 0.406 e. The normalized spacial score (nSPS) is 28.4. The summed E-state index contributed by atoms with van der Waals surface area (Å²) >= 11 is 0. The Labute approximate surface area is 472 Å². The fourth-order valence-corrected chi connectivity index (χ4v) is 14.0. The zero-order valence-corrected chi connectivity index (χ0v) is 47.9. The number of morpholine rings is 2. The van der Waals surface area contributed by atoms with E-state index in [-0.39, 0.29) is 49.3 Å². The van der Waals surface area contributed by atoms with Gasteiger partial charge in [-0.3, -0.25) is 44.3 Å². The van der Waals surface area contributed by atoms with E-state index in [1.165, 1.54) is 35.3 Å². The molecule has 81 heavy (non-hydrogen) atoms. The largest absolute Gasteiger partial charge is 0.464 e. The van der Waals surface area contributed by atoms with Crippen molar-refractivity contribution >= 4 is 46.0 Å². The Morgan fingerprint density at radius 2 is 1.70 bits per heavy atom. The number of carbonyl (C=O) groups excluding carboxylic acids is 4. The molecular weight excluding hydrogens is 1050 g/mol. The minimum Gasteiger partial charge on any atom is -0.464 e. The molecule has 2 aliphatic carbocycles. The molecule has 2 aromatic heterocycles. The number of nitrogens with one attached hydrogen (secondary N) is 3. The van der Waals surface area contributed by atoms with Gasteiger partial charge in [-0.25, -0.2) is 5.43 Å². The third-order valence-electron chi connectivity index (χ3n) is 18.6. The van der Waals surface area contributed by atoms with E-state index in [9.17, 15) is 19.2 Å². The molecule has 3 amide bonds. The molecule has 2 saturated carbocycles. The Kier molecular flexibility index (Phi) is 15.4. The molecule has 6 saturated heterocycles. The van der Waals surface area contributed by atoms with Gasteiger partial charge in [0.2, 0.25) is 11.8 Å². The number of pyridine rings is 1. The number of methoxy groups -OCH3 is 1. The Hall–Kier alpha value is -5.10. The summed E-state index contributed by atoms with van der Waals surface area (Å²) in [5, 5.41) is 8.64. The number of fused-ring (bicyclic) bond motifs is 6. The molecule has 2 unspecified atom stereocenters. The number of esters is 1. The van der Waals surface area contributed by atoms with Gasteiger partial charge in [0.05, 0.1) is 74.4 Å². The number of carbonyl (C=O) groups is 4. The Bertz CT molecular complexity index is 2860. The highest BCUT2D eigenvalue weighted by Gasteiger charge is 2.57. The van der Waals surface area contributed by atoms with Gasteiger partial charge in [0, 0.05) is 112 Å². The van der Waals surface area contributed by atoms with Gasteiger partial charge in [-0.05, 0) is 93.5 Å². The number of aromatic nitrogens is 2. The number of alkyl halides is 3. The van der Waals surface area contributed by atoms with Gasteiger partial charge < -0.3 is 43.5 Å². The number of amides is 3. The molecule has 9 aliphatic rings. The smallest absolute Gasteiger partial charge is 0.406 e. The van der Waals surface area contributed by atoms with Gasteiger partial charge in [-0.15, -0.1) is 0 Å². The van der Waals surface area contributed by atoms with Crippen LogP contribution in [0, 0.1) is 17.3 Å². The van der Waals surface area contributed by atoms with E-state index in [1.807, 2.05) is 63.9 Å². The van der Waals surface area contributed by atoms with Crippen LogP contribution in [-0.4, -0.2) is 206 Å². The van der Waals surface area contributed by atoms with Gasteiger partial charge in [0.1, 0.15) is 30.3 Å². The van der Waals surface area contributed by atoms with Crippen LogP contribution >= 0.6 is 0 Å². The highest BCUT2D eigenvalue weighted by molar-refractivity contribution is 5.95. The quantitative estimate of drug-likeness (QED) is 0.168. The minimum atomic E-state index is -4.60. The topological polar surface area (TPSA) is 188 Å².